The number of hydrogen-bond acceptors (Lipinski definition) is 3. The first-order valence-electron chi connectivity index (χ1n) is 6.43. The lowest BCUT2D eigenvalue weighted by Crippen LogP contribution is -2.21. The third kappa shape index (κ3) is 3.59. The van der Waals surface area contributed by atoms with Gasteiger partial charge in [-0.3, -0.25) is 4.79 Å². The standard InChI is InChI=1S/C16H18N2O2/c1-11-3-8-15(12(2)9-11)20-14-6-4-13(5-7-14)18-16(19)10-17/h3-9H,10,17H2,1-2H3,(H,18,19). The summed E-state index contributed by atoms with van der Waals surface area (Å²) in [6.45, 7) is 4.03. The zero-order valence-electron chi connectivity index (χ0n) is 11.6. The summed E-state index contributed by atoms with van der Waals surface area (Å²) < 4.78 is 5.81. The van der Waals surface area contributed by atoms with Gasteiger partial charge in [-0.05, 0) is 49.7 Å². The molecule has 3 N–H and O–H groups in total. The average Bonchev–Trinajstić information content (AvgIpc) is 2.44. The first kappa shape index (κ1) is 14.1. The number of hydrogen-bond donors (Lipinski definition) is 2. The van der Waals surface area contributed by atoms with Gasteiger partial charge in [0.15, 0.2) is 0 Å². The smallest absolute Gasteiger partial charge is 0.238 e. The van der Waals surface area contributed by atoms with E-state index in [1.807, 2.05) is 38.1 Å². The number of carbonyl (C=O) groups excluding carboxylic acids is 1. The van der Waals surface area contributed by atoms with Gasteiger partial charge < -0.3 is 15.8 Å². The minimum Gasteiger partial charge on any atom is -0.457 e. The van der Waals surface area contributed by atoms with E-state index >= 15 is 0 Å². The molecule has 20 heavy (non-hydrogen) atoms. The minimum absolute atomic E-state index is 0.0270. The SMILES string of the molecule is Cc1ccc(Oc2ccc(NC(=O)CN)cc2)c(C)c1. The van der Waals surface area contributed by atoms with E-state index in [4.69, 9.17) is 10.5 Å². The van der Waals surface area contributed by atoms with Crippen LogP contribution in [0.2, 0.25) is 0 Å². The highest BCUT2D eigenvalue weighted by atomic mass is 16.5. The van der Waals surface area contributed by atoms with Crippen LogP contribution in [0.1, 0.15) is 11.1 Å². The van der Waals surface area contributed by atoms with E-state index in [1.165, 1.54) is 5.56 Å². The Balaban J connectivity index is 2.08. The number of rotatable bonds is 4. The van der Waals surface area contributed by atoms with Crippen LogP contribution >= 0.6 is 0 Å². The second kappa shape index (κ2) is 6.21. The molecule has 0 fully saturated rings. The van der Waals surface area contributed by atoms with Gasteiger partial charge in [-0.2, -0.15) is 0 Å². The summed E-state index contributed by atoms with van der Waals surface area (Å²) in [7, 11) is 0. The molecule has 1 amide bonds. The molecule has 0 atom stereocenters. The molecular weight excluding hydrogens is 252 g/mol. The predicted molar refractivity (Wildman–Crippen MR) is 80.1 cm³/mol. The summed E-state index contributed by atoms with van der Waals surface area (Å²) in [5, 5.41) is 2.68. The molecule has 0 aliphatic rings. The fraction of sp³-hybridized carbons (Fsp3) is 0.188. The number of carbonyl (C=O) groups is 1. The third-order valence-corrected chi connectivity index (χ3v) is 2.88. The van der Waals surface area contributed by atoms with Crippen molar-refractivity contribution in [1.82, 2.24) is 0 Å². The second-order valence-electron chi connectivity index (χ2n) is 4.65. The predicted octanol–water partition coefficient (Wildman–Crippen LogP) is 2.99. The Kier molecular flexibility index (Phi) is 4.38. The van der Waals surface area contributed by atoms with Crippen molar-refractivity contribution in [3.05, 3.63) is 53.6 Å². The van der Waals surface area contributed by atoms with Gasteiger partial charge in [0.1, 0.15) is 11.5 Å². The molecule has 0 saturated carbocycles. The average molecular weight is 270 g/mol. The van der Waals surface area contributed by atoms with Crippen LogP contribution in [-0.2, 0) is 4.79 Å². The van der Waals surface area contributed by atoms with Crippen LogP contribution < -0.4 is 15.8 Å². The van der Waals surface area contributed by atoms with Crippen LogP contribution in [0.5, 0.6) is 11.5 Å². The van der Waals surface area contributed by atoms with Gasteiger partial charge in [0, 0.05) is 5.69 Å². The first-order chi connectivity index (χ1) is 9.58. The Hall–Kier alpha value is -2.33. The molecule has 0 heterocycles. The lowest BCUT2D eigenvalue weighted by molar-refractivity contribution is -0.114. The Morgan fingerprint density at radius 3 is 2.45 bits per heavy atom. The van der Waals surface area contributed by atoms with Crippen LogP contribution in [0.25, 0.3) is 0 Å². The highest BCUT2D eigenvalue weighted by Crippen LogP contribution is 2.26. The quantitative estimate of drug-likeness (QED) is 0.897. The molecule has 2 aromatic rings. The largest absolute Gasteiger partial charge is 0.457 e. The Labute approximate surface area is 118 Å². The summed E-state index contributed by atoms with van der Waals surface area (Å²) in [6.07, 6.45) is 0. The molecule has 0 spiro atoms. The Morgan fingerprint density at radius 1 is 1.15 bits per heavy atom. The summed E-state index contributed by atoms with van der Waals surface area (Å²) in [5.74, 6) is 1.34. The molecule has 0 aliphatic carbocycles. The number of nitrogens with one attached hydrogen (secondary N) is 1. The molecule has 0 aromatic heterocycles. The molecule has 2 aromatic carbocycles. The van der Waals surface area contributed by atoms with Crippen LogP contribution in [0.3, 0.4) is 0 Å². The Morgan fingerprint density at radius 2 is 1.85 bits per heavy atom. The lowest BCUT2D eigenvalue weighted by atomic mass is 10.1. The molecule has 0 aliphatic heterocycles. The molecule has 4 nitrogen and oxygen atoms in total. The van der Waals surface area contributed by atoms with Gasteiger partial charge in [-0.1, -0.05) is 17.7 Å². The van der Waals surface area contributed by atoms with Crippen molar-refractivity contribution >= 4 is 11.6 Å². The van der Waals surface area contributed by atoms with E-state index in [9.17, 15) is 4.79 Å². The highest BCUT2D eigenvalue weighted by Gasteiger charge is 2.03. The molecule has 0 unspecified atom stereocenters. The second-order valence-corrected chi connectivity index (χ2v) is 4.65. The van der Waals surface area contributed by atoms with Crippen molar-refractivity contribution in [3.8, 4) is 11.5 Å². The normalized spacial score (nSPS) is 10.2. The van der Waals surface area contributed by atoms with Crippen molar-refractivity contribution in [2.45, 2.75) is 13.8 Å². The van der Waals surface area contributed by atoms with E-state index in [-0.39, 0.29) is 12.5 Å². The number of benzene rings is 2. The summed E-state index contributed by atoms with van der Waals surface area (Å²) in [4.78, 5) is 11.2. The van der Waals surface area contributed by atoms with Crippen molar-refractivity contribution in [1.29, 1.82) is 0 Å². The molecule has 0 saturated heterocycles. The third-order valence-electron chi connectivity index (χ3n) is 2.88. The van der Waals surface area contributed by atoms with E-state index < -0.39 is 0 Å². The van der Waals surface area contributed by atoms with Gasteiger partial charge in [0.2, 0.25) is 5.91 Å². The fourth-order valence-electron chi connectivity index (χ4n) is 1.86. The van der Waals surface area contributed by atoms with Crippen molar-refractivity contribution in [2.24, 2.45) is 5.73 Å². The molecule has 2 rings (SSSR count). The summed E-state index contributed by atoms with van der Waals surface area (Å²) in [6, 6.07) is 13.2. The van der Waals surface area contributed by atoms with Gasteiger partial charge >= 0.3 is 0 Å². The van der Waals surface area contributed by atoms with Gasteiger partial charge in [-0.25, -0.2) is 0 Å². The highest BCUT2D eigenvalue weighted by molar-refractivity contribution is 5.92. The molecule has 0 radical (unpaired) electrons. The van der Waals surface area contributed by atoms with Crippen molar-refractivity contribution in [3.63, 3.8) is 0 Å². The number of nitrogens with two attached hydrogens (primary N) is 1. The minimum atomic E-state index is -0.215. The molecule has 104 valence electrons. The maximum Gasteiger partial charge on any atom is 0.238 e. The first-order valence-corrected chi connectivity index (χ1v) is 6.43. The molecule has 0 bridgehead atoms. The monoisotopic (exact) mass is 270 g/mol. The zero-order valence-corrected chi connectivity index (χ0v) is 11.6. The Bertz CT molecular complexity index is 606. The number of amides is 1. The van der Waals surface area contributed by atoms with Gasteiger partial charge in [0.05, 0.1) is 6.54 Å². The van der Waals surface area contributed by atoms with E-state index in [1.54, 1.807) is 12.1 Å². The van der Waals surface area contributed by atoms with Crippen LogP contribution in [0, 0.1) is 13.8 Å². The van der Waals surface area contributed by atoms with E-state index in [2.05, 4.69) is 11.4 Å². The molecular formula is C16H18N2O2. The fourth-order valence-corrected chi connectivity index (χ4v) is 1.86. The number of anilines is 1. The number of aryl methyl sites for hydroxylation is 2. The van der Waals surface area contributed by atoms with Crippen molar-refractivity contribution < 1.29 is 9.53 Å². The van der Waals surface area contributed by atoms with Crippen LogP contribution in [-0.4, -0.2) is 12.5 Å². The van der Waals surface area contributed by atoms with Crippen LogP contribution in [0.4, 0.5) is 5.69 Å². The van der Waals surface area contributed by atoms with Gasteiger partial charge in [-0.15, -0.1) is 0 Å². The lowest BCUT2D eigenvalue weighted by Gasteiger charge is -2.10. The zero-order chi connectivity index (χ0) is 14.5. The molecule has 4 heteroatoms. The topological polar surface area (TPSA) is 64.3 Å². The van der Waals surface area contributed by atoms with E-state index in [0.29, 0.717) is 5.69 Å². The summed E-state index contributed by atoms with van der Waals surface area (Å²) >= 11 is 0. The van der Waals surface area contributed by atoms with Gasteiger partial charge in [0.25, 0.3) is 0 Å². The maximum absolute atomic E-state index is 11.2. The van der Waals surface area contributed by atoms with Crippen molar-refractivity contribution in [2.75, 3.05) is 11.9 Å². The van der Waals surface area contributed by atoms with Crippen LogP contribution in [0.15, 0.2) is 42.5 Å². The number of ether oxygens (including phenoxy) is 1. The summed E-state index contributed by atoms with van der Waals surface area (Å²) in [5.41, 5.74) is 8.24. The van der Waals surface area contributed by atoms with E-state index in [0.717, 1.165) is 17.1 Å². The maximum atomic E-state index is 11.2.